The van der Waals surface area contributed by atoms with E-state index < -0.39 is 9.84 Å². The fourth-order valence-corrected chi connectivity index (χ4v) is 4.81. The predicted molar refractivity (Wildman–Crippen MR) is 134 cm³/mol. The molecule has 0 aliphatic heterocycles. The first-order valence-electron chi connectivity index (χ1n) is 10.7. The summed E-state index contributed by atoms with van der Waals surface area (Å²) in [6.07, 6.45) is 3.53. The highest BCUT2D eigenvalue weighted by atomic mass is 32.2. The lowest BCUT2D eigenvalue weighted by molar-refractivity contribution is 0.0788. The van der Waals surface area contributed by atoms with E-state index in [1.165, 1.54) is 12.1 Å². The molecular formula is C25H25N3O4S2. The first-order chi connectivity index (χ1) is 16.3. The van der Waals surface area contributed by atoms with E-state index in [9.17, 15) is 13.2 Å². The van der Waals surface area contributed by atoms with Gasteiger partial charge in [-0.15, -0.1) is 11.3 Å². The molecule has 176 valence electrons. The number of sulfone groups is 1. The Morgan fingerprint density at radius 3 is 2.59 bits per heavy atom. The average Bonchev–Trinajstić information content (AvgIpc) is 3.51. The van der Waals surface area contributed by atoms with Crippen LogP contribution in [0.1, 0.15) is 16.8 Å². The number of benzene rings is 2. The molecule has 0 atom stereocenters. The van der Waals surface area contributed by atoms with Crippen LogP contribution in [0.3, 0.4) is 0 Å². The van der Waals surface area contributed by atoms with Crippen molar-refractivity contribution in [2.45, 2.75) is 11.3 Å². The molecule has 2 aromatic carbocycles. The molecule has 0 N–H and O–H groups in total. The normalized spacial score (nSPS) is 11.4. The zero-order valence-corrected chi connectivity index (χ0v) is 20.6. The topological polar surface area (TPSA) is 81.5 Å². The largest absolute Gasteiger partial charge is 0.493 e. The molecule has 0 unspecified atom stereocenters. The van der Waals surface area contributed by atoms with E-state index in [-0.39, 0.29) is 10.8 Å². The molecule has 4 rings (SSSR count). The second-order valence-electron chi connectivity index (χ2n) is 7.82. The van der Waals surface area contributed by atoms with Crippen molar-refractivity contribution in [3.63, 3.8) is 0 Å². The third-order valence-electron chi connectivity index (χ3n) is 5.21. The number of carbonyl (C=O) groups is 1. The second kappa shape index (κ2) is 10.2. The van der Waals surface area contributed by atoms with Crippen molar-refractivity contribution < 1.29 is 17.9 Å². The zero-order chi connectivity index (χ0) is 24.1. The van der Waals surface area contributed by atoms with Crippen molar-refractivity contribution in [2.75, 3.05) is 26.5 Å². The van der Waals surface area contributed by atoms with Gasteiger partial charge < -0.3 is 9.64 Å². The van der Waals surface area contributed by atoms with Crippen LogP contribution in [0.2, 0.25) is 0 Å². The van der Waals surface area contributed by atoms with Gasteiger partial charge in [0.15, 0.2) is 9.84 Å². The van der Waals surface area contributed by atoms with Gasteiger partial charge in [-0.3, -0.25) is 4.79 Å². The maximum absolute atomic E-state index is 13.3. The van der Waals surface area contributed by atoms with Crippen LogP contribution < -0.4 is 4.74 Å². The van der Waals surface area contributed by atoms with Crippen molar-refractivity contribution in [1.29, 1.82) is 0 Å². The number of aromatic nitrogens is 2. The average molecular weight is 496 g/mol. The van der Waals surface area contributed by atoms with Crippen molar-refractivity contribution in [1.82, 2.24) is 14.7 Å². The molecule has 9 heteroatoms. The minimum atomic E-state index is -3.29. The molecule has 0 aliphatic rings. The van der Waals surface area contributed by atoms with Gasteiger partial charge in [0, 0.05) is 26.0 Å². The summed E-state index contributed by atoms with van der Waals surface area (Å²) in [4.78, 5) is 16.1. The maximum atomic E-state index is 13.3. The number of nitrogens with zero attached hydrogens (tertiary/aromatic N) is 3. The highest BCUT2D eigenvalue weighted by molar-refractivity contribution is 7.90. The van der Waals surface area contributed by atoms with Gasteiger partial charge in [-0.05, 0) is 48.2 Å². The van der Waals surface area contributed by atoms with Crippen LogP contribution in [0.4, 0.5) is 0 Å². The highest BCUT2D eigenvalue weighted by Gasteiger charge is 2.22. The molecule has 0 fully saturated rings. The minimum Gasteiger partial charge on any atom is -0.493 e. The van der Waals surface area contributed by atoms with E-state index in [0.717, 1.165) is 16.8 Å². The molecule has 0 aliphatic carbocycles. The quantitative estimate of drug-likeness (QED) is 0.318. The molecule has 0 radical (unpaired) electrons. The summed E-state index contributed by atoms with van der Waals surface area (Å²) in [5.74, 6) is 0.366. The first-order valence-corrected chi connectivity index (χ1v) is 13.5. The second-order valence-corrected chi connectivity index (χ2v) is 10.8. The van der Waals surface area contributed by atoms with Crippen LogP contribution in [0, 0.1) is 0 Å². The molecule has 2 heterocycles. The molecule has 0 saturated carbocycles. The van der Waals surface area contributed by atoms with E-state index in [2.05, 4.69) is 0 Å². The summed E-state index contributed by atoms with van der Waals surface area (Å²) in [5, 5.41) is 6.66. The number of amides is 1. The Labute approximate surface area is 203 Å². The lowest BCUT2D eigenvalue weighted by Gasteiger charge is -2.17. The Morgan fingerprint density at radius 2 is 1.88 bits per heavy atom. The summed E-state index contributed by atoms with van der Waals surface area (Å²) in [7, 11) is -1.54. The molecule has 0 spiro atoms. The summed E-state index contributed by atoms with van der Waals surface area (Å²) in [5.41, 5.74) is 2.08. The number of hydrogen-bond donors (Lipinski definition) is 0. The third kappa shape index (κ3) is 5.55. The number of rotatable bonds is 9. The Bertz CT molecular complexity index is 1360. The van der Waals surface area contributed by atoms with E-state index in [1.807, 2.05) is 47.8 Å². The molecule has 7 nitrogen and oxygen atoms in total. The summed E-state index contributed by atoms with van der Waals surface area (Å²) in [6, 6.07) is 20.0. The Morgan fingerprint density at radius 1 is 1.09 bits per heavy atom. The lowest BCUT2D eigenvalue weighted by Crippen LogP contribution is -2.28. The number of carbonyl (C=O) groups excluding carboxylic acids is 1. The van der Waals surface area contributed by atoms with Crippen LogP contribution >= 0.6 is 11.3 Å². The molecule has 34 heavy (non-hydrogen) atoms. The fraction of sp³-hybridized carbons (Fsp3) is 0.200. The van der Waals surface area contributed by atoms with Gasteiger partial charge >= 0.3 is 0 Å². The third-order valence-corrected chi connectivity index (χ3v) is 7.19. The van der Waals surface area contributed by atoms with Crippen molar-refractivity contribution >= 4 is 27.1 Å². The number of hydrogen-bond acceptors (Lipinski definition) is 6. The Kier molecular flexibility index (Phi) is 7.14. The van der Waals surface area contributed by atoms with Gasteiger partial charge in [0.25, 0.3) is 5.91 Å². The van der Waals surface area contributed by atoms with Crippen molar-refractivity contribution in [2.24, 2.45) is 0 Å². The van der Waals surface area contributed by atoms with E-state index in [1.54, 1.807) is 46.3 Å². The van der Waals surface area contributed by atoms with Gasteiger partial charge in [-0.1, -0.05) is 30.3 Å². The van der Waals surface area contributed by atoms with Crippen molar-refractivity contribution in [3.05, 3.63) is 83.9 Å². The Balaban J connectivity index is 1.43. The smallest absolute Gasteiger partial charge is 0.257 e. The van der Waals surface area contributed by atoms with Crippen LogP contribution in [0.15, 0.2) is 83.2 Å². The van der Waals surface area contributed by atoms with Gasteiger partial charge in [-0.2, -0.15) is 5.10 Å². The van der Waals surface area contributed by atoms with Crippen LogP contribution in [-0.4, -0.2) is 55.5 Å². The van der Waals surface area contributed by atoms with Crippen LogP contribution in [-0.2, 0) is 9.84 Å². The van der Waals surface area contributed by atoms with E-state index in [4.69, 9.17) is 9.84 Å². The zero-order valence-electron chi connectivity index (χ0n) is 18.9. The summed E-state index contributed by atoms with van der Waals surface area (Å²) >= 11 is 1.54. The monoisotopic (exact) mass is 495 g/mol. The van der Waals surface area contributed by atoms with Gasteiger partial charge in [0.05, 0.1) is 27.6 Å². The standard InChI is InChI=1S/C25H25N3O4S2/c1-27(14-8-15-32-20-11-6-12-21(17-20)34(2,30)31)25(29)22-18-28(19-9-4-3-5-10-19)26-24(22)23-13-7-16-33-23/h3-7,9-13,16-18H,8,14-15H2,1-2H3. The van der Waals surface area contributed by atoms with Gasteiger partial charge in [0.2, 0.25) is 0 Å². The number of thiophene rings is 1. The molecule has 0 bridgehead atoms. The van der Waals surface area contributed by atoms with Gasteiger partial charge in [-0.25, -0.2) is 13.1 Å². The Hall–Kier alpha value is -3.43. The minimum absolute atomic E-state index is 0.121. The molecule has 2 aromatic heterocycles. The number of ether oxygens (including phenoxy) is 1. The van der Waals surface area contributed by atoms with Crippen LogP contribution in [0.25, 0.3) is 16.3 Å². The SMILES string of the molecule is CN(CCCOc1cccc(S(C)(=O)=O)c1)C(=O)c1cn(-c2ccccc2)nc1-c1cccs1. The molecular weight excluding hydrogens is 470 g/mol. The number of para-hydroxylation sites is 1. The van der Waals surface area contributed by atoms with Gasteiger partial charge in [0.1, 0.15) is 11.4 Å². The lowest BCUT2D eigenvalue weighted by atomic mass is 10.2. The molecule has 0 saturated heterocycles. The first kappa shape index (κ1) is 23.7. The van der Waals surface area contributed by atoms with Crippen molar-refractivity contribution in [3.8, 4) is 22.0 Å². The fourth-order valence-electron chi connectivity index (χ4n) is 3.43. The molecule has 1 amide bonds. The van der Waals surface area contributed by atoms with Crippen LogP contribution in [0.5, 0.6) is 5.75 Å². The predicted octanol–water partition coefficient (Wildman–Crippen LogP) is 4.55. The highest BCUT2D eigenvalue weighted by Crippen LogP contribution is 2.28. The maximum Gasteiger partial charge on any atom is 0.257 e. The van der Waals surface area contributed by atoms with E-state index >= 15 is 0 Å². The van der Waals surface area contributed by atoms with E-state index in [0.29, 0.717) is 36.6 Å². The molecule has 4 aromatic rings. The summed E-state index contributed by atoms with van der Waals surface area (Å²) in [6.45, 7) is 0.830. The summed E-state index contributed by atoms with van der Waals surface area (Å²) < 4.78 is 30.9.